The summed E-state index contributed by atoms with van der Waals surface area (Å²) >= 11 is 0. The number of methoxy groups -OCH3 is 1. The zero-order valence-corrected chi connectivity index (χ0v) is 11.6. The highest BCUT2D eigenvalue weighted by atomic mass is 16.7. The van der Waals surface area contributed by atoms with E-state index in [0.29, 0.717) is 17.2 Å². The number of aryl methyl sites for hydroxylation is 2. The van der Waals surface area contributed by atoms with E-state index in [4.69, 9.17) is 14.2 Å². The summed E-state index contributed by atoms with van der Waals surface area (Å²) in [7, 11) is 1.60. The molecule has 21 heavy (non-hydrogen) atoms. The Hall–Kier alpha value is -2.56. The molecule has 1 aliphatic rings. The minimum Gasteiger partial charge on any atom is -0.504 e. The van der Waals surface area contributed by atoms with Gasteiger partial charge in [0.05, 0.1) is 7.11 Å². The smallest absolute Gasteiger partial charge is 0.231 e. The zero-order chi connectivity index (χ0) is 14.8. The third-order valence-corrected chi connectivity index (χ3v) is 3.46. The molecule has 0 unspecified atom stereocenters. The summed E-state index contributed by atoms with van der Waals surface area (Å²) in [5.41, 5.74) is 2.01. The first-order valence-corrected chi connectivity index (χ1v) is 6.65. The summed E-state index contributed by atoms with van der Waals surface area (Å²) < 4.78 is 16.1. The van der Waals surface area contributed by atoms with Crippen molar-refractivity contribution in [3.63, 3.8) is 0 Å². The Morgan fingerprint density at radius 3 is 2.57 bits per heavy atom. The Kier molecular flexibility index (Phi) is 3.48. The molecule has 5 nitrogen and oxygen atoms in total. The van der Waals surface area contributed by atoms with E-state index in [9.17, 15) is 10.2 Å². The van der Waals surface area contributed by atoms with Crippen molar-refractivity contribution in [3.8, 4) is 28.7 Å². The lowest BCUT2D eigenvalue weighted by molar-refractivity contribution is 0.171. The average Bonchev–Trinajstić information content (AvgIpc) is 2.96. The molecular formula is C16H16O5. The summed E-state index contributed by atoms with van der Waals surface area (Å²) in [6.45, 7) is 0.209. The minimum absolute atomic E-state index is 0.101. The molecule has 0 aliphatic carbocycles. The SMILES string of the molecule is COc1cc(CCc2ccc(O)c(O)c2)cc2c1OCO2. The first kappa shape index (κ1) is 13.4. The van der Waals surface area contributed by atoms with Gasteiger partial charge in [0.1, 0.15) is 0 Å². The predicted octanol–water partition coefficient (Wildman–Crippen LogP) is 2.62. The minimum atomic E-state index is -0.108. The Morgan fingerprint density at radius 1 is 1.00 bits per heavy atom. The maximum absolute atomic E-state index is 9.50. The van der Waals surface area contributed by atoms with Crippen LogP contribution in [0.2, 0.25) is 0 Å². The summed E-state index contributed by atoms with van der Waals surface area (Å²) in [6, 6.07) is 8.71. The number of hydrogen-bond acceptors (Lipinski definition) is 5. The number of benzene rings is 2. The maximum atomic E-state index is 9.50. The van der Waals surface area contributed by atoms with Crippen LogP contribution in [0.15, 0.2) is 30.3 Å². The van der Waals surface area contributed by atoms with Crippen LogP contribution < -0.4 is 14.2 Å². The third-order valence-electron chi connectivity index (χ3n) is 3.46. The molecule has 2 aromatic rings. The normalized spacial score (nSPS) is 12.4. The lowest BCUT2D eigenvalue weighted by Gasteiger charge is -2.09. The van der Waals surface area contributed by atoms with Gasteiger partial charge >= 0.3 is 0 Å². The van der Waals surface area contributed by atoms with E-state index in [0.717, 1.165) is 24.0 Å². The van der Waals surface area contributed by atoms with Crippen molar-refractivity contribution in [3.05, 3.63) is 41.5 Å². The molecule has 0 saturated carbocycles. The second-order valence-corrected chi connectivity index (χ2v) is 4.85. The largest absolute Gasteiger partial charge is 0.504 e. The van der Waals surface area contributed by atoms with Gasteiger partial charge in [0, 0.05) is 0 Å². The van der Waals surface area contributed by atoms with E-state index in [-0.39, 0.29) is 18.3 Å². The van der Waals surface area contributed by atoms with E-state index in [1.807, 2.05) is 12.1 Å². The second kappa shape index (κ2) is 5.44. The van der Waals surface area contributed by atoms with Crippen LogP contribution >= 0.6 is 0 Å². The summed E-state index contributed by atoms with van der Waals surface area (Å²) in [4.78, 5) is 0. The lowest BCUT2D eigenvalue weighted by Crippen LogP contribution is -1.94. The molecule has 3 rings (SSSR count). The quantitative estimate of drug-likeness (QED) is 0.846. The van der Waals surface area contributed by atoms with Crippen molar-refractivity contribution in [2.45, 2.75) is 12.8 Å². The fraction of sp³-hybridized carbons (Fsp3) is 0.250. The van der Waals surface area contributed by atoms with Crippen LogP contribution in [0.1, 0.15) is 11.1 Å². The number of fused-ring (bicyclic) bond motifs is 1. The number of phenols is 2. The van der Waals surface area contributed by atoms with Gasteiger partial charge in [0.2, 0.25) is 12.5 Å². The van der Waals surface area contributed by atoms with Crippen LogP contribution in [0.4, 0.5) is 0 Å². The van der Waals surface area contributed by atoms with Crippen LogP contribution in [-0.2, 0) is 12.8 Å². The average molecular weight is 288 g/mol. The first-order valence-electron chi connectivity index (χ1n) is 6.65. The number of hydrogen-bond donors (Lipinski definition) is 2. The van der Waals surface area contributed by atoms with Gasteiger partial charge in [-0.05, 0) is 48.2 Å². The highest BCUT2D eigenvalue weighted by molar-refractivity contribution is 5.55. The standard InChI is InChI=1S/C16H16O5/c1-19-14-7-11(8-15-16(14)21-9-20-15)3-2-10-4-5-12(17)13(18)6-10/h4-8,17-18H,2-3,9H2,1H3. The van der Waals surface area contributed by atoms with Crippen molar-refractivity contribution in [1.29, 1.82) is 0 Å². The van der Waals surface area contributed by atoms with Crippen LogP contribution in [0.5, 0.6) is 28.7 Å². The Bertz CT molecular complexity index is 666. The molecule has 0 fully saturated rings. The summed E-state index contributed by atoms with van der Waals surface area (Å²) in [5.74, 6) is 1.79. The van der Waals surface area contributed by atoms with Crippen LogP contribution in [0.25, 0.3) is 0 Å². The van der Waals surface area contributed by atoms with Crippen molar-refractivity contribution < 1.29 is 24.4 Å². The highest BCUT2D eigenvalue weighted by Crippen LogP contribution is 2.42. The predicted molar refractivity (Wildman–Crippen MR) is 76.3 cm³/mol. The van der Waals surface area contributed by atoms with Gasteiger partial charge in [0.25, 0.3) is 0 Å². The monoisotopic (exact) mass is 288 g/mol. The van der Waals surface area contributed by atoms with Gasteiger partial charge in [-0.2, -0.15) is 0 Å². The molecule has 5 heteroatoms. The summed E-state index contributed by atoms with van der Waals surface area (Å²) in [5, 5.41) is 18.8. The third kappa shape index (κ3) is 2.67. The molecule has 0 spiro atoms. The molecule has 0 atom stereocenters. The second-order valence-electron chi connectivity index (χ2n) is 4.85. The molecule has 2 aromatic carbocycles. The molecule has 1 heterocycles. The Labute approximate surface area is 122 Å². The fourth-order valence-electron chi connectivity index (χ4n) is 2.34. The topological polar surface area (TPSA) is 68.2 Å². The highest BCUT2D eigenvalue weighted by Gasteiger charge is 2.19. The van der Waals surface area contributed by atoms with Crippen LogP contribution in [0, 0.1) is 0 Å². The molecule has 0 radical (unpaired) electrons. The zero-order valence-electron chi connectivity index (χ0n) is 11.6. The van der Waals surface area contributed by atoms with E-state index in [1.165, 1.54) is 6.07 Å². The molecule has 0 amide bonds. The van der Waals surface area contributed by atoms with Gasteiger partial charge in [-0.25, -0.2) is 0 Å². The van der Waals surface area contributed by atoms with Crippen molar-refractivity contribution >= 4 is 0 Å². The maximum Gasteiger partial charge on any atom is 0.231 e. The van der Waals surface area contributed by atoms with Gasteiger partial charge in [-0.1, -0.05) is 6.07 Å². The Morgan fingerprint density at radius 2 is 1.81 bits per heavy atom. The number of phenolic OH excluding ortho intramolecular Hbond substituents is 2. The molecule has 1 aliphatic heterocycles. The van der Waals surface area contributed by atoms with Gasteiger partial charge in [-0.3, -0.25) is 0 Å². The molecule has 0 saturated heterocycles. The molecule has 2 N–H and O–H groups in total. The number of rotatable bonds is 4. The first-order chi connectivity index (χ1) is 10.2. The summed E-state index contributed by atoms with van der Waals surface area (Å²) in [6.07, 6.45) is 1.49. The number of ether oxygens (including phenoxy) is 3. The van der Waals surface area contributed by atoms with Gasteiger partial charge in [-0.15, -0.1) is 0 Å². The van der Waals surface area contributed by atoms with Crippen molar-refractivity contribution in [2.75, 3.05) is 13.9 Å². The fourth-order valence-corrected chi connectivity index (χ4v) is 2.34. The molecule has 0 aromatic heterocycles. The van der Waals surface area contributed by atoms with E-state index >= 15 is 0 Å². The van der Waals surface area contributed by atoms with Crippen molar-refractivity contribution in [1.82, 2.24) is 0 Å². The van der Waals surface area contributed by atoms with Gasteiger partial charge < -0.3 is 24.4 Å². The molecule has 0 bridgehead atoms. The van der Waals surface area contributed by atoms with Crippen molar-refractivity contribution in [2.24, 2.45) is 0 Å². The molecular weight excluding hydrogens is 272 g/mol. The lowest BCUT2D eigenvalue weighted by atomic mass is 10.0. The van der Waals surface area contributed by atoms with Gasteiger partial charge in [0.15, 0.2) is 23.0 Å². The van der Waals surface area contributed by atoms with E-state index in [2.05, 4.69) is 0 Å². The van der Waals surface area contributed by atoms with E-state index in [1.54, 1.807) is 19.2 Å². The van der Waals surface area contributed by atoms with Crippen LogP contribution in [-0.4, -0.2) is 24.1 Å². The van der Waals surface area contributed by atoms with E-state index < -0.39 is 0 Å². The molecule has 110 valence electrons. The number of aromatic hydroxyl groups is 2. The Balaban J connectivity index is 1.77. The van der Waals surface area contributed by atoms with Crippen LogP contribution in [0.3, 0.4) is 0 Å².